The zero-order valence-electron chi connectivity index (χ0n) is 9.46. The van der Waals surface area contributed by atoms with Gasteiger partial charge < -0.3 is 4.74 Å². The van der Waals surface area contributed by atoms with Gasteiger partial charge in [0.25, 0.3) is 0 Å². The fourth-order valence-corrected chi connectivity index (χ4v) is 2.14. The molecule has 2 rings (SSSR count). The van der Waals surface area contributed by atoms with Gasteiger partial charge in [-0.1, -0.05) is 12.1 Å². The standard InChI is InChI=1S/C13H16O2/c1-9-4-5-10(11(8-9)15-3)13(2)7-6-12(13)14/h4-5,8H,6-7H2,1-3H3. The molecule has 1 fully saturated rings. The summed E-state index contributed by atoms with van der Waals surface area (Å²) in [6, 6.07) is 6.05. The molecule has 0 heterocycles. The minimum absolute atomic E-state index is 0.307. The van der Waals surface area contributed by atoms with Gasteiger partial charge in [0, 0.05) is 12.0 Å². The molecule has 1 atom stereocenters. The molecule has 1 aliphatic carbocycles. The van der Waals surface area contributed by atoms with E-state index in [2.05, 4.69) is 0 Å². The number of carbonyl (C=O) groups excluding carboxylic acids is 1. The lowest BCUT2D eigenvalue weighted by atomic mass is 9.64. The lowest BCUT2D eigenvalue weighted by molar-refractivity contribution is -0.131. The minimum Gasteiger partial charge on any atom is -0.496 e. The number of aryl methyl sites for hydroxylation is 1. The molecular weight excluding hydrogens is 188 g/mol. The summed E-state index contributed by atoms with van der Waals surface area (Å²) < 4.78 is 5.34. The summed E-state index contributed by atoms with van der Waals surface area (Å²) in [5, 5.41) is 0. The Labute approximate surface area is 90.3 Å². The van der Waals surface area contributed by atoms with Crippen molar-refractivity contribution >= 4 is 5.78 Å². The van der Waals surface area contributed by atoms with Gasteiger partial charge >= 0.3 is 0 Å². The molecule has 0 N–H and O–H groups in total. The molecule has 1 aromatic carbocycles. The van der Waals surface area contributed by atoms with Crippen LogP contribution in [0.15, 0.2) is 18.2 Å². The topological polar surface area (TPSA) is 26.3 Å². The van der Waals surface area contributed by atoms with Crippen LogP contribution in [0.25, 0.3) is 0 Å². The van der Waals surface area contributed by atoms with E-state index in [-0.39, 0.29) is 5.41 Å². The van der Waals surface area contributed by atoms with E-state index >= 15 is 0 Å². The van der Waals surface area contributed by atoms with E-state index in [1.807, 2.05) is 32.0 Å². The number of ketones is 1. The Bertz CT molecular complexity index is 409. The molecule has 80 valence electrons. The molecule has 0 bridgehead atoms. The van der Waals surface area contributed by atoms with Gasteiger partial charge in [0.05, 0.1) is 12.5 Å². The molecule has 1 aromatic rings. The quantitative estimate of drug-likeness (QED) is 0.740. The molecule has 0 saturated heterocycles. The summed E-state index contributed by atoms with van der Waals surface area (Å²) >= 11 is 0. The minimum atomic E-state index is -0.307. The van der Waals surface area contributed by atoms with Gasteiger partial charge in [0.15, 0.2) is 0 Å². The number of benzene rings is 1. The normalized spacial score (nSPS) is 24.9. The Kier molecular flexibility index (Phi) is 2.29. The molecular formula is C13H16O2. The Morgan fingerprint density at radius 1 is 1.40 bits per heavy atom. The fraction of sp³-hybridized carbons (Fsp3) is 0.462. The summed E-state index contributed by atoms with van der Waals surface area (Å²) in [5.41, 5.74) is 1.89. The van der Waals surface area contributed by atoms with Crippen molar-refractivity contribution in [2.45, 2.75) is 32.1 Å². The molecule has 1 aliphatic rings. The van der Waals surface area contributed by atoms with Gasteiger partial charge in [-0.25, -0.2) is 0 Å². The van der Waals surface area contributed by atoms with Crippen LogP contribution in [0.1, 0.15) is 30.9 Å². The van der Waals surface area contributed by atoms with E-state index in [1.54, 1.807) is 7.11 Å². The fourth-order valence-electron chi connectivity index (χ4n) is 2.14. The zero-order chi connectivity index (χ0) is 11.1. The van der Waals surface area contributed by atoms with Crippen LogP contribution in [0.3, 0.4) is 0 Å². The highest BCUT2D eigenvalue weighted by atomic mass is 16.5. The van der Waals surface area contributed by atoms with Gasteiger partial charge in [-0.05, 0) is 31.9 Å². The number of Topliss-reactive ketones (excluding diaryl/α,β-unsaturated/α-hetero) is 1. The first-order valence-electron chi connectivity index (χ1n) is 5.26. The second-order valence-corrected chi connectivity index (χ2v) is 4.46. The van der Waals surface area contributed by atoms with Crippen LogP contribution in [0.2, 0.25) is 0 Å². The van der Waals surface area contributed by atoms with E-state index in [0.29, 0.717) is 12.2 Å². The first-order chi connectivity index (χ1) is 7.08. The largest absolute Gasteiger partial charge is 0.496 e. The van der Waals surface area contributed by atoms with Gasteiger partial charge in [0.2, 0.25) is 0 Å². The van der Waals surface area contributed by atoms with Crippen LogP contribution in [-0.2, 0) is 10.2 Å². The Hall–Kier alpha value is -1.31. The van der Waals surface area contributed by atoms with Crippen LogP contribution in [0.5, 0.6) is 5.75 Å². The van der Waals surface area contributed by atoms with E-state index in [9.17, 15) is 4.79 Å². The molecule has 2 nitrogen and oxygen atoms in total. The van der Waals surface area contributed by atoms with Crippen LogP contribution >= 0.6 is 0 Å². The van der Waals surface area contributed by atoms with Crippen molar-refractivity contribution in [1.82, 2.24) is 0 Å². The Morgan fingerprint density at radius 3 is 2.60 bits per heavy atom. The lowest BCUT2D eigenvalue weighted by Gasteiger charge is -2.37. The van der Waals surface area contributed by atoms with Gasteiger partial charge in [-0.15, -0.1) is 0 Å². The predicted octanol–water partition coefficient (Wildman–Crippen LogP) is 2.62. The third-order valence-electron chi connectivity index (χ3n) is 3.42. The van der Waals surface area contributed by atoms with E-state index < -0.39 is 0 Å². The maximum Gasteiger partial charge on any atom is 0.143 e. The number of hydrogen-bond acceptors (Lipinski definition) is 2. The molecule has 15 heavy (non-hydrogen) atoms. The Morgan fingerprint density at radius 2 is 2.13 bits per heavy atom. The first-order valence-corrected chi connectivity index (χ1v) is 5.26. The number of hydrogen-bond donors (Lipinski definition) is 0. The van der Waals surface area contributed by atoms with Crippen LogP contribution in [-0.4, -0.2) is 12.9 Å². The second kappa shape index (κ2) is 3.37. The molecule has 0 aromatic heterocycles. The number of methoxy groups -OCH3 is 1. The van der Waals surface area contributed by atoms with Crippen molar-refractivity contribution in [3.05, 3.63) is 29.3 Å². The van der Waals surface area contributed by atoms with Crippen molar-refractivity contribution in [3.8, 4) is 5.75 Å². The smallest absolute Gasteiger partial charge is 0.143 e. The molecule has 0 spiro atoms. The van der Waals surface area contributed by atoms with Crippen molar-refractivity contribution in [2.24, 2.45) is 0 Å². The van der Waals surface area contributed by atoms with Crippen LogP contribution in [0.4, 0.5) is 0 Å². The lowest BCUT2D eigenvalue weighted by Crippen LogP contribution is -2.42. The third-order valence-corrected chi connectivity index (χ3v) is 3.42. The van der Waals surface area contributed by atoms with Gasteiger partial charge in [-0.2, -0.15) is 0 Å². The summed E-state index contributed by atoms with van der Waals surface area (Å²) in [7, 11) is 1.66. The molecule has 0 radical (unpaired) electrons. The second-order valence-electron chi connectivity index (χ2n) is 4.46. The van der Waals surface area contributed by atoms with Crippen LogP contribution in [0, 0.1) is 6.92 Å². The molecule has 2 heteroatoms. The predicted molar refractivity (Wildman–Crippen MR) is 59.3 cm³/mol. The highest BCUT2D eigenvalue weighted by molar-refractivity contribution is 5.96. The number of rotatable bonds is 2. The molecule has 1 saturated carbocycles. The third kappa shape index (κ3) is 1.44. The van der Waals surface area contributed by atoms with Gasteiger partial charge in [0.1, 0.15) is 11.5 Å². The number of ether oxygens (including phenoxy) is 1. The van der Waals surface area contributed by atoms with Crippen molar-refractivity contribution < 1.29 is 9.53 Å². The van der Waals surface area contributed by atoms with Crippen molar-refractivity contribution in [2.75, 3.05) is 7.11 Å². The molecule has 0 amide bonds. The van der Waals surface area contributed by atoms with Gasteiger partial charge in [-0.3, -0.25) is 4.79 Å². The summed E-state index contributed by atoms with van der Waals surface area (Å²) in [6.45, 7) is 4.03. The van der Waals surface area contributed by atoms with E-state index in [1.165, 1.54) is 0 Å². The summed E-state index contributed by atoms with van der Waals surface area (Å²) in [6.07, 6.45) is 1.64. The zero-order valence-corrected chi connectivity index (χ0v) is 9.46. The summed E-state index contributed by atoms with van der Waals surface area (Å²) in [5.74, 6) is 1.16. The maximum atomic E-state index is 11.7. The van der Waals surface area contributed by atoms with Crippen molar-refractivity contribution in [3.63, 3.8) is 0 Å². The highest BCUT2D eigenvalue weighted by Crippen LogP contribution is 2.44. The average Bonchev–Trinajstić information content (AvgIpc) is 2.25. The first kappa shape index (κ1) is 10.2. The molecule has 0 aliphatic heterocycles. The van der Waals surface area contributed by atoms with E-state index in [4.69, 9.17) is 4.74 Å². The van der Waals surface area contributed by atoms with E-state index in [0.717, 1.165) is 23.3 Å². The SMILES string of the molecule is COc1cc(C)ccc1C1(C)CCC1=O. The maximum absolute atomic E-state index is 11.7. The Balaban J connectivity index is 2.48. The average molecular weight is 204 g/mol. The van der Waals surface area contributed by atoms with Crippen molar-refractivity contribution in [1.29, 1.82) is 0 Å². The number of carbonyl (C=O) groups is 1. The summed E-state index contributed by atoms with van der Waals surface area (Å²) in [4.78, 5) is 11.7. The highest BCUT2D eigenvalue weighted by Gasteiger charge is 2.44. The van der Waals surface area contributed by atoms with Crippen LogP contribution < -0.4 is 4.74 Å². The monoisotopic (exact) mass is 204 g/mol. The molecule has 1 unspecified atom stereocenters.